The lowest BCUT2D eigenvalue weighted by atomic mass is 10.3. The normalized spacial score (nSPS) is 16.1. The minimum Gasteiger partial charge on any atom is -0.379 e. The van der Waals surface area contributed by atoms with Gasteiger partial charge in [0, 0.05) is 39.6 Å². The fourth-order valence-corrected chi connectivity index (χ4v) is 2.03. The van der Waals surface area contributed by atoms with Crippen LogP contribution in [0.1, 0.15) is 20.3 Å². The second-order valence-corrected chi connectivity index (χ2v) is 4.74. The number of carbonyl (C=O) groups excluding carboxylic acids is 2. The van der Waals surface area contributed by atoms with Crippen molar-refractivity contribution in [1.29, 1.82) is 0 Å². The van der Waals surface area contributed by atoms with Crippen LogP contribution in [0.25, 0.3) is 0 Å². The Morgan fingerprint density at radius 2 is 2.00 bits per heavy atom. The molecule has 6 heteroatoms. The summed E-state index contributed by atoms with van der Waals surface area (Å²) in [4.78, 5) is 26.9. The number of hydrogen-bond acceptors (Lipinski definition) is 4. The number of rotatable bonds is 7. The van der Waals surface area contributed by atoms with Crippen molar-refractivity contribution in [3.8, 4) is 0 Å². The van der Waals surface area contributed by atoms with Crippen LogP contribution in [0.3, 0.4) is 0 Å². The number of carbonyl (C=O) groups is 2. The van der Waals surface area contributed by atoms with Crippen LogP contribution in [-0.4, -0.2) is 74.1 Å². The molecule has 0 bridgehead atoms. The van der Waals surface area contributed by atoms with Gasteiger partial charge in [-0.05, 0) is 6.42 Å². The van der Waals surface area contributed by atoms with Crippen LogP contribution in [0.5, 0.6) is 0 Å². The predicted molar refractivity (Wildman–Crippen MR) is 72.8 cm³/mol. The van der Waals surface area contributed by atoms with E-state index in [-0.39, 0.29) is 18.4 Å². The summed E-state index contributed by atoms with van der Waals surface area (Å²) in [5.74, 6) is -0.137. The summed E-state index contributed by atoms with van der Waals surface area (Å²) in [5.41, 5.74) is 0. The number of nitrogens with zero attached hydrogens (tertiary/aromatic N) is 2. The molecule has 1 saturated heterocycles. The van der Waals surface area contributed by atoms with E-state index in [2.05, 4.69) is 10.2 Å². The largest absolute Gasteiger partial charge is 0.379 e. The number of hydrogen-bond donors (Lipinski definition) is 1. The second-order valence-electron chi connectivity index (χ2n) is 4.74. The third-order valence-electron chi connectivity index (χ3n) is 3.13. The van der Waals surface area contributed by atoms with Crippen LogP contribution >= 0.6 is 0 Å². The maximum atomic E-state index is 11.7. The van der Waals surface area contributed by atoms with E-state index in [1.54, 1.807) is 4.90 Å². The van der Waals surface area contributed by atoms with E-state index in [0.717, 1.165) is 39.3 Å². The smallest absolute Gasteiger partial charge is 0.239 e. The molecule has 0 aromatic rings. The fourth-order valence-electron chi connectivity index (χ4n) is 2.03. The van der Waals surface area contributed by atoms with Gasteiger partial charge in [0.1, 0.15) is 0 Å². The molecular weight excluding hydrogens is 246 g/mol. The fraction of sp³-hybridized carbons (Fsp3) is 0.846. The Hall–Kier alpha value is -1.14. The number of morpholine rings is 1. The zero-order chi connectivity index (χ0) is 14.1. The van der Waals surface area contributed by atoms with Gasteiger partial charge in [0.2, 0.25) is 11.8 Å². The third kappa shape index (κ3) is 6.54. The number of nitrogens with one attached hydrogen (secondary N) is 1. The van der Waals surface area contributed by atoms with Gasteiger partial charge < -0.3 is 15.0 Å². The lowest BCUT2D eigenvalue weighted by Crippen LogP contribution is -2.44. The van der Waals surface area contributed by atoms with Gasteiger partial charge in [-0.1, -0.05) is 6.92 Å². The van der Waals surface area contributed by atoms with E-state index in [9.17, 15) is 9.59 Å². The predicted octanol–water partition coefficient (Wildman–Crippen LogP) is -0.307. The molecular formula is C13H25N3O3. The molecule has 0 aromatic heterocycles. The van der Waals surface area contributed by atoms with Crippen LogP contribution < -0.4 is 5.32 Å². The van der Waals surface area contributed by atoms with Crippen LogP contribution in [0.15, 0.2) is 0 Å². The molecule has 1 N–H and O–H groups in total. The molecule has 0 spiro atoms. The van der Waals surface area contributed by atoms with Gasteiger partial charge in [0.05, 0.1) is 19.8 Å². The first-order valence-electron chi connectivity index (χ1n) is 6.95. The summed E-state index contributed by atoms with van der Waals surface area (Å²) < 4.78 is 5.26. The standard InChI is InChI=1S/C13H25N3O3/c1-3-5-16(12(2)17)11-13(18)14-4-6-15-7-9-19-10-8-15/h3-11H2,1-2H3,(H,14,18). The van der Waals surface area contributed by atoms with Gasteiger partial charge in [-0.15, -0.1) is 0 Å². The Bertz CT molecular complexity index is 291. The first kappa shape index (κ1) is 15.9. The summed E-state index contributed by atoms with van der Waals surface area (Å²) >= 11 is 0. The highest BCUT2D eigenvalue weighted by molar-refractivity contribution is 5.83. The summed E-state index contributed by atoms with van der Waals surface area (Å²) in [5, 5.41) is 2.86. The summed E-state index contributed by atoms with van der Waals surface area (Å²) in [7, 11) is 0. The average Bonchev–Trinajstić information content (AvgIpc) is 2.39. The minimum atomic E-state index is -0.0862. The highest BCUT2D eigenvalue weighted by atomic mass is 16.5. The van der Waals surface area contributed by atoms with Crippen LogP contribution in [0, 0.1) is 0 Å². The molecule has 1 aliphatic rings. The lowest BCUT2D eigenvalue weighted by molar-refractivity contribution is -0.134. The van der Waals surface area contributed by atoms with E-state index < -0.39 is 0 Å². The molecule has 2 amide bonds. The zero-order valence-corrected chi connectivity index (χ0v) is 12.0. The molecule has 0 atom stereocenters. The van der Waals surface area contributed by atoms with Crippen LogP contribution in [0.2, 0.25) is 0 Å². The first-order valence-corrected chi connectivity index (χ1v) is 6.95. The third-order valence-corrected chi connectivity index (χ3v) is 3.13. The van der Waals surface area contributed by atoms with E-state index in [0.29, 0.717) is 13.1 Å². The van der Waals surface area contributed by atoms with E-state index in [4.69, 9.17) is 4.74 Å². The zero-order valence-electron chi connectivity index (χ0n) is 12.0. The molecule has 0 aromatic carbocycles. The SMILES string of the molecule is CCCN(CC(=O)NCCN1CCOCC1)C(C)=O. The van der Waals surface area contributed by atoms with Crippen molar-refractivity contribution in [1.82, 2.24) is 15.1 Å². The maximum absolute atomic E-state index is 11.7. The molecule has 110 valence electrons. The van der Waals surface area contributed by atoms with Crippen molar-refractivity contribution in [3.05, 3.63) is 0 Å². The second kappa shape index (κ2) is 8.87. The molecule has 1 fully saturated rings. The molecule has 1 aliphatic heterocycles. The maximum Gasteiger partial charge on any atom is 0.239 e. The molecule has 1 heterocycles. The van der Waals surface area contributed by atoms with Gasteiger partial charge in [-0.2, -0.15) is 0 Å². The van der Waals surface area contributed by atoms with Gasteiger partial charge >= 0.3 is 0 Å². The molecule has 0 unspecified atom stereocenters. The van der Waals surface area contributed by atoms with Crippen LogP contribution in [-0.2, 0) is 14.3 Å². The summed E-state index contributed by atoms with van der Waals surface area (Å²) in [6.45, 7) is 9.11. The Morgan fingerprint density at radius 1 is 1.32 bits per heavy atom. The molecule has 0 radical (unpaired) electrons. The van der Waals surface area contributed by atoms with E-state index in [1.807, 2.05) is 6.92 Å². The van der Waals surface area contributed by atoms with Crippen molar-refractivity contribution < 1.29 is 14.3 Å². The van der Waals surface area contributed by atoms with Gasteiger partial charge in [0.25, 0.3) is 0 Å². The van der Waals surface area contributed by atoms with Crippen LogP contribution in [0.4, 0.5) is 0 Å². The van der Waals surface area contributed by atoms with E-state index >= 15 is 0 Å². The Morgan fingerprint density at radius 3 is 2.58 bits per heavy atom. The van der Waals surface area contributed by atoms with Crippen molar-refractivity contribution in [2.45, 2.75) is 20.3 Å². The Balaban J connectivity index is 2.17. The highest BCUT2D eigenvalue weighted by Crippen LogP contribution is 1.95. The Kier molecular flexibility index (Phi) is 7.43. The van der Waals surface area contributed by atoms with Gasteiger partial charge in [-0.25, -0.2) is 0 Å². The van der Waals surface area contributed by atoms with Gasteiger partial charge in [0.15, 0.2) is 0 Å². The summed E-state index contributed by atoms with van der Waals surface area (Å²) in [6, 6.07) is 0. The topological polar surface area (TPSA) is 61.9 Å². The Labute approximate surface area is 115 Å². The quantitative estimate of drug-likeness (QED) is 0.690. The molecule has 6 nitrogen and oxygen atoms in total. The number of amides is 2. The van der Waals surface area contributed by atoms with Crippen molar-refractivity contribution in [3.63, 3.8) is 0 Å². The highest BCUT2D eigenvalue weighted by Gasteiger charge is 2.13. The monoisotopic (exact) mass is 271 g/mol. The van der Waals surface area contributed by atoms with Gasteiger partial charge in [-0.3, -0.25) is 14.5 Å². The van der Waals surface area contributed by atoms with E-state index in [1.165, 1.54) is 6.92 Å². The van der Waals surface area contributed by atoms with Crippen molar-refractivity contribution in [2.24, 2.45) is 0 Å². The molecule has 0 aliphatic carbocycles. The molecule has 0 saturated carbocycles. The first-order chi connectivity index (χ1) is 9.13. The van der Waals surface area contributed by atoms with Crippen molar-refractivity contribution >= 4 is 11.8 Å². The summed E-state index contributed by atoms with van der Waals surface area (Å²) in [6.07, 6.45) is 0.862. The lowest BCUT2D eigenvalue weighted by Gasteiger charge is -2.26. The minimum absolute atomic E-state index is 0.0508. The molecule has 1 rings (SSSR count). The number of ether oxygens (including phenoxy) is 1. The molecule has 19 heavy (non-hydrogen) atoms. The average molecular weight is 271 g/mol. The van der Waals surface area contributed by atoms with Crippen molar-refractivity contribution in [2.75, 3.05) is 52.5 Å².